The molecule has 0 unspecified atom stereocenters. The van der Waals surface area contributed by atoms with E-state index >= 15 is 0 Å². The summed E-state index contributed by atoms with van der Waals surface area (Å²) in [7, 11) is -1.19. The van der Waals surface area contributed by atoms with Crippen molar-refractivity contribution in [3.63, 3.8) is 0 Å². The fraction of sp³-hybridized carbons (Fsp3) is 0.421. The first-order chi connectivity index (χ1) is 12.9. The lowest BCUT2D eigenvalue weighted by Gasteiger charge is -2.37. The van der Waals surface area contributed by atoms with Crippen molar-refractivity contribution >= 4 is 32.1 Å². The lowest BCUT2D eigenvalue weighted by Crippen LogP contribution is -2.52. The quantitative estimate of drug-likeness (QED) is 0.609. The molecular formula is C19H26N4O2S2. The second-order valence-electron chi connectivity index (χ2n) is 6.71. The van der Waals surface area contributed by atoms with E-state index in [9.17, 15) is 8.42 Å². The highest BCUT2D eigenvalue weighted by Crippen LogP contribution is 2.22. The average molecular weight is 407 g/mol. The number of sulfone groups is 1. The summed E-state index contributed by atoms with van der Waals surface area (Å²) in [6, 6.07) is 11.9. The van der Waals surface area contributed by atoms with Gasteiger partial charge in [0.05, 0.1) is 10.8 Å². The van der Waals surface area contributed by atoms with Crippen LogP contribution < -0.4 is 10.2 Å². The van der Waals surface area contributed by atoms with Crippen LogP contribution in [0.2, 0.25) is 0 Å². The van der Waals surface area contributed by atoms with E-state index in [4.69, 9.17) is 0 Å². The van der Waals surface area contributed by atoms with Crippen LogP contribution in [0.3, 0.4) is 0 Å². The monoisotopic (exact) mass is 406 g/mol. The summed E-state index contributed by atoms with van der Waals surface area (Å²) < 4.78 is 22.8. The van der Waals surface area contributed by atoms with E-state index in [0.29, 0.717) is 6.54 Å². The lowest BCUT2D eigenvalue weighted by molar-refractivity contribution is 0.373. The van der Waals surface area contributed by atoms with E-state index < -0.39 is 9.84 Å². The van der Waals surface area contributed by atoms with Crippen molar-refractivity contribution < 1.29 is 8.42 Å². The minimum absolute atomic E-state index is 0.0803. The van der Waals surface area contributed by atoms with E-state index in [1.54, 1.807) is 11.3 Å². The van der Waals surface area contributed by atoms with Gasteiger partial charge >= 0.3 is 0 Å². The van der Waals surface area contributed by atoms with E-state index in [0.717, 1.165) is 43.3 Å². The third kappa shape index (κ3) is 5.71. The van der Waals surface area contributed by atoms with E-state index in [2.05, 4.69) is 37.6 Å². The van der Waals surface area contributed by atoms with Crippen LogP contribution in [-0.2, 0) is 22.1 Å². The molecule has 1 aliphatic rings. The van der Waals surface area contributed by atoms with Gasteiger partial charge in [0.2, 0.25) is 0 Å². The maximum absolute atomic E-state index is 11.4. The number of hydrogen-bond donors (Lipinski definition) is 1. The molecule has 0 amide bonds. The van der Waals surface area contributed by atoms with Crippen LogP contribution in [0.1, 0.15) is 11.1 Å². The Labute approximate surface area is 165 Å². The normalized spacial score (nSPS) is 15.9. The second kappa shape index (κ2) is 8.75. The number of nitrogens with one attached hydrogen (secondary N) is 1. The molecule has 0 spiro atoms. The van der Waals surface area contributed by atoms with Gasteiger partial charge < -0.3 is 15.1 Å². The molecule has 1 aromatic heterocycles. The van der Waals surface area contributed by atoms with Crippen molar-refractivity contribution in [3.8, 4) is 0 Å². The predicted molar refractivity (Wildman–Crippen MR) is 113 cm³/mol. The Morgan fingerprint density at radius 2 is 1.78 bits per heavy atom. The smallest absolute Gasteiger partial charge is 0.194 e. The second-order valence-corrected chi connectivity index (χ2v) is 9.78. The highest BCUT2D eigenvalue weighted by molar-refractivity contribution is 7.89. The number of anilines is 1. The lowest BCUT2D eigenvalue weighted by atomic mass is 10.1. The van der Waals surface area contributed by atoms with Crippen LogP contribution in [0.4, 0.5) is 5.00 Å². The third-order valence-corrected chi connectivity index (χ3v) is 6.30. The number of rotatable bonds is 5. The van der Waals surface area contributed by atoms with E-state index in [1.807, 2.05) is 31.3 Å². The fourth-order valence-electron chi connectivity index (χ4n) is 3.16. The molecule has 0 atom stereocenters. The molecule has 2 heterocycles. The molecule has 1 fully saturated rings. The first kappa shape index (κ1) is 19.7. The van der Waals surface area contributed by atoms with Gasteiger partial charge in [0.15, 0.2) is 15.8 Å². The molecule has 6 nitrogen and oxygen atoms in total. The summed E-state index contributed by atoms with van der Waals surface area (Å²) in [5, 5.41) is 6.85. The van der Waals surface area contributed by atoms with Crippen molar-refractivity contribution in [1.29, 1.82) is 0 Å². The van der Waals surface area contributed by atoms with Crippen molar-refractivity contribution in [3.05, 3.63) is 52.9 Å². The fourth-order valence-corrected chi connectivity index (χ4v) is 4.74. The zero-order valence-corrected chi connectivity index (χ0v) is 17.4. The number of aliphatic imine (C=N–C) groups is 1. The first-order valence-corrected chi connectivity index (χ1v) is 11.9. The molecule has 27 heavy (non-hydrogen) atoms. The molecule has 1 aliphatic heterocycles. The van der Waals surface area contributed by atoms with Gasteiger partial charge in [-0.05, 0) is 28.6 Å². The molecule has 0 saturated carbocycles. The SMILES string of the molecule is CN=C(NCc1ccc(CS(C)(=O)=O)cc1)N1CCN(c2cccs2)CC1. The predicted octanol–water partition coefficient (Wildman–Crippen LogP) is 2.19. The Hall–Kier alpha value is -2.06. The number of piperazine rings is 1. The molecule has 3 rings (SSSR count). The molecule has 146 valence electrons. The molecule has 0 bridgehead atoms. The molecule has 1 N–H and O–H groups in total. The average Bonchev–Trinajstić information content (AvgIpc) is 3.17. The Kier molecular flexibility index (Phi) is 6.38. The molecule has 1 saturated heterocycles. The minimum atomic E-state index is -3.00. The summed E-state index contributed by atoms with van der Waals surface area (Å²) in [5.74, 6) is 0.984. The van der Waals surface area contributed by atoms with Crippen molar-refractivity contribution in [2.75, 3.05) is 44.4 Å². The van der Waals surface area contributed by atoms with E-state index in [-0.39, 0.29) is 5.75 Å². The maximum atomic E-state index is 11.4. The van der Waals surface area contributed by atoms with Gasteiger partial charge in [-0.2, -0.15) is 0 Å². The summed E-state index contributed by atoms with van der Waals surface area (Å²) in [4.78, 5) is 9.11. The minimum Gasteiger partial charge on any atom is -0.360 e. The van der Waals surface area contributed by atoms with Gasteiger partial charge in [-0.1, -0.05) is 24.3 Å². The Balaban J connectivity index is 1.51. The topological polar surface area (TPSA) is 65.0 Å². The van der Waals surface area contributed by atoms with Gasteiger partial charge in [0, 0.05) is 46.0 Å². The molecule has 2 aromatic rings. The third-order valence-electron chi connectivity index (χ3n) is 4.51. The highest BCUT2D eigenvalue weighted by Gasteiger charge is 2.20. The Morgan fingerprint density at radius 3 is 2.33 bits per heavy atom. The number of thiophene rings is 1. The van der Waals surface area contributed by atoms with Crippen LogP contribution in [0.15, 0.2) is 46.8 Å². The van der Waals surface area contributed by atoms with Gasteiger partial charge in [0.1, 0.15) is 0 Å². The summed E-state index contributed by atoms with van der Waals surface area (Å²) in [5.41, 5.74) is 1.92. The zero-order chi connectivity index (χ0) is 19.3. The zero-order valence-electron chi connectivity index (χ0n) is 15.8. The van der Waals surface area contributed by atoms with Crippen LogP contribution >= 0.6 is 11.3 Å². The van der Waals surface area contributed by atoms with Crippen LogP contribution in [0, 0.1) is 0 Å². The Morgan fingerprint density at radius 1 is 1.11 bits per heavy atom. The first-order valence-electron chi connectivity index (χ1n) is 8.94. The number of nitrogens with zero attached hydrogens (tertiary/aromatic N) is 3. The molecular weight excluding hydrogens is 380 g/mol. The highest BCUT2D eigenvalue weighted by atomic mass is 32.2. The van der Waals surface area contributed by atoms with Crippen LogP contribution in [-0.4, -0.2) is 58.8 Å². The summed E-state index contributed by atoms with van der Waals surface area (Å²) >= 11 is 1.78. The number of guanidine groups is 1. The van der Waals surface area contributed by atoms with Gasteiger partial charge in [-0.15, -0.1) is 11.3 Å². The van der Waals surface area contributed by atoms with Gasteiger partial charge in [0.25, 0.3) is 0 Å². The van der Waals surface area contributed by atoms with Crippen molar-refractivity contribution in [2.45, 2.75) is 12.3 Å². The van der Waals surface area contributed by atoms with E-state index in [1.165, 1.54) is 11.3 Å². The van der Waals surface area contributed by atoms with Crippen LogP contribution in [0.5, 0.6) is 0 Å². The standard InChI is InChI=1S/C19H26N4O2S2/c1-20-19(23-11-9-22(10-12-23)18-4-3-13-26-18)21-14-16-5-7-17(8-6-16)15-27(2,24)25/h3-8,13H,9-12,14-15H2,1-2H3,(H,20,21). The molecule has 8 heteroatoms. The summed E-state index contributed by atoms with van der Waals surface area (Å²) in [6.07, 6.45) is 1.25. The van der Waals surface area contributed by atoms with Gasteiger partial charge in [-0.3, -0.25) is 4.99 Å². The number of hydrogen-bond acceptors (Lipinski definition) is 5. The molecule has 1 aromatic carbocycles. The number of benzene rings is 1. The van der Waals surface area contributed by atoms with Crippen molar-refractivity contribution in [1.82, 2.24) is 10.2 Å². The van der Waals surface area contributed by atoms with Crippen LogP contribution in [0.25, 0.3) is 0 Å². The molecule has 0 radical (unpaired) electrons. The largest absolute Gasteiger partial charge is 0.360 e. The van der Waals surface area contributed by atoms with Crippen molar-refractivity contribution in [2.24, 2.45) is 4.99 Å². The molecule has 0 aliphatic carbocycles. The Bertz CT molecular complexity index is 854. The van der Waals surface area contributed by atoms with Gasteiger partial charge in [-0.25, -0.2) is 8.42 Å². The maximum Gasteiger partial charge on any atom is 0.194 e. The summed E-state index contributed by atoms with van der Waals surface area (Å²) in [6.45, 7) is 4.51.